The maximum absolute atomic E-state index is 15.3. The van der Waals surface area contributed by atoms with Gasteiger partial charge in [-0.1, -0.05) is 108 Å². The molecule has 1 saturated heterocycles. The van der Waals surface area contributed by atoms with Gasteiger partial charge in [0, 0.05) is 445 Å². The summed E-state index contributed by atoms with van der Waals surface area (Å²) in [5.41, 5.74) is 4.12. The van der Waals surface area contributed by atoms with Crippen LogP contribution in [-0.2, 0) is 38.0 Å². The highest BCUT2D eigenvalue weighted by molar-refractivity contribution is 6.03. The number of Topliss-reactive ketones (excluding diaryl/α,β-unsaturated/α-hetero) is 2. The molecule has 0 radical (unpaired) electrons. The van der Waals surface area contributed by atoms with Gasteiger partial charge in [-0.3, -0.25) is 24.3 Å². The third-order valence-electron chi connectivity index (χ3n) is 17.2. The zero-order valence-electron chi connectivity index (χ0n) is 292. The molecular formula is C62H302F2N8O3. The minimum absolute atomic E-state index is 0. The molecule has 13 heteroatoms. The van der Waals surface area contributed by atoms with Gasteiger partial charge in [0.1, 0.15) is 11.6 Å². The van der Waals surface area contributed by atoms with Gasteiger partial charge in [0.15, 0.2) is 23.5 Å². The van der Waals surface area contributed by atoms with E-state index in [0.29, 0.717) is 59.8 Å². The molecule has 622 valence electrons. The van der Waals surface area contributed by atoms with Crippen molar-refractivity contribution in [1.82, 2.24) is 29.9 Å². The monoisotopic (exact) mass is 1750 g/mol. The molecule has 4 aromatic heterocycles. The third-order valence-corrected chi connectivity index (χ3v) is 17.2. The van der Waals surface area contributed by atoms with E-state index >= 15 is 8.78 Å². The summed E-state index contributed by atoms with van der Waals surface area (Å²) >= 11 is 0. The van der Waals surface area contributed by atoms with Crippen molar-refractivity contribution >= 4 is 33.4 Å². The molecule has 5 aliphatic rings. The van der Waals surface area contributed by atoms with Crippen molar-refractivity contribution in [2.24, 2.45) is 22.7 Å². The summed E-state index contributed by atoms with van der Waals surface area (Å²) in [7, 11) is 0. The number of aromatic nitrogens is 6. The van der Waals surface area contributed by atoms with Crippen LogP contribution in [-0.4, -0.2) is 53.3 Å². The number of ether oxygens (including phenoxy) is 1. The molecule has 0 N–H and O–H groups in total. The standard InChI is InChI=1S/C31H25FN4O2.C31H25FN4O.126H2/c1-29(2)23-14-13-20-24(19-10-5-7-11-21(19)32)35-26(18-15-16-34-22-12-8-6-9-17(18)22)36-25(20)30(23,3)28-31(33-4,38-28)27(29)37;1-30(2)25-14-13-21-26(20-10-5-7-11-22(20)32)35-29(19-15-16-34-23-12-8-6-9-18(19)23)36-27(21)31(25,3)17-24(33-4)28(30)37;;;;;;;;;;;;;;;;;;;;;;;;;;;;;;;;;;;;;;;;;;;;;;;;;;;;;;;;;;;;;;;;;;;;;;;;;;;;;;;;;;;;;;;;;;;;;;;;;;;;;;;;;;;;;;;;;;;;;;;;;;;;;;/h5-12,15-16,23,28H,13-14H2,1-3H3;5-12,15-17,25H,13-14H2,1-3H3;126*1H/t23-,28+,30-,31-;25-,31-;;;;;;;;;;;;;;;;;;;;;;;;;;;;;;;;;;;;;;;;;;;;;;;;;;;;;;;;;;;;;;;;;;;;;;;;;;;;;;;;;;;;;;;;;;;;;;;;;;;;;;;;;;;;;;;;;;;;;;;;;;;;;;/m11............................................................................................................................../s1/i;;125*1+2T;1+2. The number of nitrogens with zero attached hydrogens (tertiary/aromatic N) is 8. The number of carbonyl (C=O) groups excluding carboxylic acids is 2. The highest BCUT2D eigenvalue weighted by atomic mass is 19.1. The summed E-state index contributed by atoms with van der Waals surface area (Å²) in [6.45, 7) is 27.4. The van der Waals surface area contributed by atoms with E-state index in [-0.39, 0.29) is 42.2 Å². The van der Waals surface area contributed by atoms with Crippen LogP contribution in [0.3, 0.4) is 0 Å². The Morgan fingerprint density at radius 3 is 1.64 bits per heavy atom. The molecule has 5 heterocycles. The number of fused-ring (bicyclic) bond motifs is 10. The van der Waals surface area contributed by atoms with Crippen molar-refractivity contribution in [2.45, 2.75) is 89.9 Å². The Labute approximate surface area is 820 Å². The first kappa shape index (κ1) is 7.02. The molecule has 0 amide bonds. The van der Waals surface area contributed by atoms with Crippen molar-refractivity contribution in [1.29, 1.82) is 0 Å². The van der Waals surface area contributed by atoms with E-state index in [1.807, 2.05) is 88.4 Å². The zero-order chi connectivity index (χ0) is 302. The van der Waals surface area contributed by atoms with Crippen molar-refractivity contribution in [3.63, 3.8) is 0 Å². The minimum atomic E-state index is -1.49. The van der Waals surface area contributed by atoms with Crippen LogP contribution in [0.15, 0.2) is 133 Å². The first-order valence-electron chi connectivity index (χ1n) is 150. The highest BCUT2D eigenvalue weighted by Gasteiger charge is 2.86. The molecule has 8 aromatic rings. The molecule has 0 bridgehead atoms. The van der Waals surface area contributed by atoms with Gasteiger partial charge in [0.25, 0.3) is 5.78 Å². The fourth-order valence-electron chi connectivity index (χ4n) is 13.6. The van der Waals surface area contributed by atoms with Crippen LogP contribution < -0.4 is 0 Å². The lowest BCUT2D eigenvalue weighted by molar-refractivity contribution is -0.138. The molecule has 75 heavy (non-hydrogen) atoms. The Morgan fingerprint density at radius 2 is 1.11 bits per heavy atom. The van der Waals surface area contributed by atoms with Gasteiger partial charge in [-0.2, -0.15) is 0 Å². The van der Waals surface area contributed by atoms with Crippen LogP contribution in [0, 0.1) is 47.4 Å². The van der Waals surface area contributed by atoms with E-state index < -0.39 is 33.5 Å². The molecule has 4 aromatic carbocycles. The number of pyridine rings is 2. The van der Waals surface area contributed by atoms with Gasteiger partial charge in [-0.25, -0.2) is 40.1 Å². The summed E-state index contributed by atoms with van der Waals surface area (Å²) in [5, 5.41) is 1.79. The van der Waals surface area contributed by atoms with Crippen molar-refractivity contribution in [2.75, 3.05) is 0 Å². The Balaban J connectivity index is -0.0000000128. The molecule has 2 fully saturated rings. The maximum atomic E-state index is 15.3. The first-order valence-corrected chi connectivity index (χ1v) is 25.3. The summed E-state index contributed by atoms with van der Waals surface area (Å²) < 4.78 is 1290. The van der Waals surface area contributed by atoms with Gasteiger partial charge in [0.05, 0.1) is 45.8 Å². The fourth-order valence-corrected chi connectivity index (χ4v) is 13.6. The summed E-state index contributed by atoms with van der Waals surface area (Å²) in [6.07, 6.45) is 7.27. The van der Waals surface area contributed by atoms with Crippen LogP contribution in [0.5, 0.6) is 0 Å². The minimum Gasteiger partial charge on any atom is -0.307 e. The van der Waals surface area contributed by atoms with Crippen LogP contribution >= 0.6 is 0 Å². The van der Waals surface area contributed by atoms with E-state index in [2.05, 4.69) is 33.5 Å². The third kappa shape index (κ3) is 6.90. The average Bonchev–Trinajstić information content (AvgIpc) is 1.48. The van der Waals surface area contributed by atoms with Gasteiger partial charge in [0.2, 0.25) is 5.70 Å². The van der Waals surface area contributed by atoms with Crippen LogP contribution in [0.2, 0.25) is 0 Å². The van der Waals surface area contributed by atoms with E-state index in [1.54, 1.807) is 54.9 Å². The molecule has 13 rings (SSSR count). The van der Waals surface area contributed by atoms with Gasteiger partial charge < -0.3 is 4.79 Å². The second-order valence-corrected chi connectivity index (χ2v) is 22.0. The molecule has 0 unspecified atom stereocenters. The lowest BCUT2D eigenvalue weighted by atomic mass is 9.50. The maximum Gasteiger partial charge on any atom is 0.425 e. The molecule has 6 atom stereocenters. The number of benzene rings is 4. The smallest absolute Gasteiger partial charge is 0.307 e. The largest absolute Gasteiger partial charge is 0.425 e. The Hall–Kier alpha value is -8.26. The molecular weight excluding hydrogens is 943 g/mol. The van der Waals surface area contributed by atoms with E-state index in [0.717, 1.165) is 55.4 Å². The number of rotatable bonds is 4. The van der Waals surface area contributed by atoms with Gasteiger partial charge >= 0.3 is 5.72 Å². The number of hydrogen-bond acceptors (Lipinski definition) is 9. The summed E-state index contributed by atoms with van der Waals surface area (Å²) in [6, 6.07) is 32.6. The number of ketones is 2. The number of epoxide rings is 1. The molecule has 11 nitrogen and oxygen atoms in total. The van der Waals surface area contributed by atoms with Crippen LogP contribution in [0.25, 0.3) is 76.8 Å². The molecule has 0 spiro atoms. The predicted octanol–water partition coefficient (Wildman–Crippen LogP) is 43.7. The number of hydrogen-bond donors (Lipinski definition) is 0. The Bertz CT molecular complexity index is 4160. The fraction of sp³-hybridized carbons (Fsp3) is 0.290. The molecule has 1 aliphatic heterocycles. The Kier molecular flexibility index (Phi) is 1.58. The number of para-hydroxylation sites is 2. The predicted molar refractivity (Wildman–Crippen MR) is 547 cm³/mol. The summed E-state index contributed by atoms with van der Waals surface area (Å²) in [4.78, 5) is 63.3. The number of halogens is 2. The molecule has 4 aliphatic carbocycles. The topological polar surface area (TPSA) is 133 Å². The quantitative estimate of drug-likeness (QED) is 0.125. The summed E-state index contributed by atoms with van der Waals surface area (Å²) in [5.74, 6) is -0.201. The van der Waals surface area contributed by atoms with Gasteiger partial charge in [-0.15, -0.1) is 0 Å². The number of allylic oxidation sites excluding steroid dienone is 2. The Morgan fingerprint density at radius 1 is 0.613 bits per heavy atom. The van der Waals surface area contributed by atoms with Gasteiger partial charge in [-0.05, 0) is 86.1 Å². The normalized spacial score (nSPS) is 38.7. The van der Waals surface area contributed by atoms with Crippen molar-refractivity contribution in [3.05, 3.63) is 190 Å². The van der Waals surface area contributed by atoms with Crippen LogP contribution in [0.1, 0.15) is 450 Å². The van der Waals surface area contributed by atoms with E-state index in [1.165, 1.54) is 12.1 Å². The second-order valence-electron chi connectivity index (χ2n) is 22.0. The SMILES string of the molecule is [3HH].[3H][3H].[3H][3H].[3H][3H].[3H][3H].[3H][3H].[3H][3H].[3H][3H].[3H][3H].[3H][3H].[3H][3H].[3H][3H].[3H][3H].[3H][3H].[3H][3H].[3H][3H].[3H][3H].[3H][3H].[3H][3H].[3H][3H].[3H][3H].[3H][3H].[3H][3H].[3H][3H].[3H][3H].[3H][3H].[3H][3H].[3H][3H].[3H][3H].[3H][3H].[3H][3H].[3H][3H].[3H][3H].[3H][3H].[3H][3H].[3H][3H].[3H][3H].[3H][3H].[3H][3H].[3H][3H].[3H][3H].[3H][3H].[3H][3H].[3H][3H].[3H][3H].[3H][3H].[3H][3H].[3H][3H].[3H][3H].[3H][3H].[3H][3H].[3H][3H].[3H][3H].[3H][3H].[3H][3H].[3H][3H].[3H][3H].[3H][3H].[3H][3H].[3H][3H].[3H][3H].[3H][3H].[3H][3H].[3H][3H].[3H][3H].[3H][3H].[3H][3H].[3H][3H].[3H][3H].[3H][3H].[3H][3H].[3H][3H].[3H][3H].[3H][3H].[3H][3H].[3H][3H].[3H][3H].[3H][3H].[3H][3H].[3H][3H].[3H][3H].[3H][3H].[3H][3H].[3H][3H].[3H][3H].[3H][3H].[3H][3H].[3H][3H].[3H][3H].[3H][3H].[3H][3H].[3H][3H].[3H][3H].[3H][3H].[3H][3H].[3H][3H].[3H][3H].[3H][3H].[3H][3H].[3H][3H].[3H][3H].[3H][3H].[3H][3H].[3H][3H].[3H][3H].[3H][3H].[3H][3H].[3H][3H].[3H][3H].[3H][3H].[3H][3H].[3H][3H].[3H][3H].[3H][3H].[3H][3H].[3H][3H].[3H][3H].[3H][3H].[3H][3H].[3H][3H].[3H][3H].[3H][3H].[3H][3H].[3H][3H].[3H][3H].[3H][3H].[C-]#[N+]C1=C[C@@]2(C)c3nc(-c4ccnc5ccccc45)nc(-c4ccccc4F)c3CC[C@@H]2C(C)(C)C1=O.[C-]#[N+][C@]12O[C@H]1[C@@]1(C)c3nc(-c4ccnc5ccccc45)nc(-c4ccccc4F)c3CC[C@@H]1C(C)(C)C2=O. The van der Waals surface area contributed by atoms with Crippen molar-refractivity contribution in [3.8, 4) is 45.3 Å². The average molecular weight is 1750 g/mol. The van der Waals surface area contributed by atoms with Crippen LogP contribution in [0.4, 0.5) is 8.78 Å². The van der Waals surface area contributed by atoms with E-state index in [4.69, 9.17) is 409 Å². The van der Waals surface area contributed by atoms with Crippen molar-refractivity contribution < 1.29 is 396 Å². The molecule has 1 saturated carbocycles. The lowest BCUT2D eigenvalue weighted by Gasteiger charge is -2.50. The lowest BCUT2D eigenvalue weighted by Crippen LogP contribution is -2.60. The zero-order valence-corrected chi connectivity index (χ0v) is 42.2. The highest BCUT2D eigenvalue weighted by Crippen LogP contribution is 2.67. The first-order chi connectivity index (χ1) is 161. The second kappa shape index (κ2) is 16.9. The number of carbonyl (C=O) groups is 2. The van der Waals surface area contributed by atoms with E-state index in [9.17, 15) is 9.59 Å².